The molecule has 3 rings (SSSR count). The molecule has 0 amide bonds. The molecule has 2 N–H and O–H groups in total. The average molecular weight is 495 g/mol. The summed E-state index contributed by atoms with van der Waals surface area (Å²) < 4.78 is 6.06. The summed E-state index contributed by atoms with van der Waals surface area (Å²) in [5.74, 6) is 0.338. The van der Waals surface area contributed by atoms with Gasteiger partial charge in [0.1, 0.15) is 11.8 Å². The number of ether oxygens (including phenoxy) is 1. The quantitative estimate of drug-likeness (QED) is 0.276. The van der Waals surface area contributed by atoms with Crippen LogP contribution in [-0.2, 0) is 10.5 Å². The summed E-state index contributed by atoms with van der Waals surface area (Å²) in [7, 11) is 1.55. The Balaban J connectivity index is 1.92. The summed E-state index contributed by atoms with van der Waals surface area (Å²) >= 11 is 5.03. The Morgan fingerprint density at radius 2 is 1.97 bits per heavy atom. The lowest BCUT2D eigenvalue weighted by Gasteiger charge is -2.15. The fourth-order valence-electron chi connectivity index (χ4n) is 2.84. The van der Waals surface area contributed by atoms with Gasteiger partial charge in [-0.15, -0.1) is 11.8 Å². The van der Waals surface area contributed by atoms with E-state index in [1.807, 2.05) is 36.4 Å². The van der Waals surface area contributed by atoms with Gasteiger partial charge < -0.3 is 15.2 Å². The minimum atomic E-state index is -1.03. The maximum atomic E-state index is 11.1. The number of carbonyl (C=O) groups is 1. The first-order chi connectivity index (χ1) is 15.0. The van der Waals surface area contributed by atoms with Crippen LogP contribution >= 0.6 is 27.7 Å². The molecule has 0 unspecified atom stereocenters. The Kier molecular flexibility index (Phi) is 7.76. The number of nitrogens with zero attached hydrogens (tertiary/aromatic N) is 1. The Morgan fingerprint density at radius 1 is 1.19 bits per heavy atom. The molecule has 0 aromatic heterocycles. The van der Waals surface area contributed by atoms with Crippen molar-refractivity contribution in [3.8, 4) is 11.8 Å². The van der Waals surface area contributed by atoms with Crippen LogP contribution in [0.15, 0.2) is 76.1 Å². The van der Waals surface area contributed by atoms with E-state index in [1.54, 1.807) is 37.1 Å². The number of carboxylic acid groups (broad SMARTS) is 1. The van der Waals surface area contributed by atoms with Gasteiger partial charge >= 0.3 is 5.97 Å². The molecular weight excluding hydrogens is 476 g/mol. The third-order valence-electron chi connectivity index (χ3n) is 4.36. The van der Waals surface area contributed by atoms with Gasteiger partial charge in [-0.05, 0) is 63.5 Å². The number of methoxy groups -OCH3 is 1. The zero-order chi connectivity index (χ0) is 22.2. The molecule has 0 saturated carbocycles. The molecule has 5 nitrogen and oxygen atoms in total. The molecule has 0 heterocycles. The van der Waals surface area contributed by atoms with E-state index in [2.05, 4.69) is 39.4 Å². The normalized spacial score (nSPS) is 10.6. The van der Waals surface area contributed by atoms with Crippen molar-refractivity contribution in [2.75, 3.05) is 12.4 Å². The summed E-state index contributed by atoms with van der Waals surface area (Å²) in [5.41, 5.74) is 3.69. The topological polar surface area (TPSA) is 82.3 Å². The molecule has 7 heteroatoms. The highest BCUT2D eigenvalue weighted by Crippen LogP contribution is 2.36. The van der Waals surface area contributed by atoms with E-state index < -0.39 is 5.97 Å². The number of aliphatic carboxylic acids is 1. The van der Waals surface area contributed by atoms with Gasteiger partial charge in [0.2, 0.25) is 0 Å². The average Bonchev–Trinajstić information content (AvgIpc) is 2.78. The minimum absolute atomic E-state index is 0.459. The van der Waals surface area contributed by atoms with Crippen molar-refractivity contribution < 1.29 is 14.6 Å². The number of nitrogens with one attached hydrogen (secondary N) is 1. The maximum absolute atomic E-state index is 11.1. The van der Waals surface area contributed by atoms with Crippen molar-refractivity contribution in [1.29, 1.82) is 5.26 Å². The molecule has 0 spiro atoms. The second-order valence-corrected chi connectivity index (χ2v) is 8.37. The van der Waals surface area contributed by atoms with Crippen LogP contribution in [0.25, 0.3) is 6.08 Å². The van der Waals surface area contributed by atoms with Gasteiger partial charge in [0.25, 0.3) is 0 Å². The lowest BCUT2D eigenvalue weighted by atomic mass is 10.1. The highest BCUT2D eigenvalue weighted by Gasteiger charge is 2.11. The molecule has 0 aliphatic rings. The number of nitriles is 1. The first-order valence-electron chi connectivity index (χ1n) is 9.26. The molecule has 0 aliphatic heterocycles. The highest BCUT2D eigenvalue weighted by atomic mass is 79.9. The molecule has 3 aromatic rings. The fraction of sp³-hybridized carbons (Fsp3) is 0.0833. The van der Waals surface area contributed by atoms with Gasteiger partial charge in [0, 0.05) is 26.9 Å². The summed E-state index contributed by atoms with van der Waals surface area (Å²) in [6.07, 6.45) is 2.65. The second kappa shape index (κ2) is 10.7. The van der Waals surface area contributed by atoms with Crippen LogP contribution in [0.1, 0.15) is 16.7 Å². The van der Waals surface area contributed by atoms with Crippen molar-refractivity contribution in [3.63, 3.8) is 0 Å². The van der Waals surface area contributed by atoms with E-state index in [9.17, 15) is 10.1 Å². The number of hydrogen-bond donors (Lipinski definition) is 2. The van der Waals surface area contributed by atoms with Crippen LogP contribution in [0.5, 0.6) is 5.75 Å². The molecule has 3 aromatic carbocycles. The maximum Gasteiger partial charge on any atom is 0.328 e. The highest BCUT2D eigenvalue weighted by molar-refractivity contribution is 9.10. The number of rotatable bonds is 8. The number of benzene rings is 3. The summed E-state index contributed by atoms with van der Waals surface area (Å²) in [4.78, 5) is 12.1. The molecule has 0 atom stereocenters. The zero-order valence-corrected chi connectivity index (χ0v) is 19.0. The predicted molar refractivity (Wildman–Crippen MR) is 128 cm³/mol. The first kappa shape index (κ1) is 22.5. The molecule has 0 bridgehead atoms. The van der Waals surface area contributed by atoms with E-state index in [0.29, 0.717) is 32.7 Å². The van der Waals surface area contributed by atoms with E-state index in [1.165, 1.54) is 5.56 Å². The van der Waals surface area contributed by atoms with Crippen molar-refractivity contribution in [2.24, 2.45) is 0 Å². The number of hydrogen-bond acceptors (Lipinski definition) is 5. The first-order valence-corrected chi connectivity index (χ1v) is 11.0. The molecule has 156 valence electrons. The summed E-state index contributed by atoms with van der Waals surface area (Å²) in [6, 6.07) is 21.5. The standard InChI is InChI=1S/C24H19BrN2O3S/c1-30-23-13-20(25)18(14-26)12-22(23)27-21-9-8-19(11-17(21)7-10-24(28)29)31-15-16-5-3-2-4-6-16/h2-13,27H,15H2,1H3,(H,28,29)/b10-7+. The molecule has 0 aliphatic carbocycles. The number of halogens is 1. The molecule has 0 radical (unpaired) electrons. The van der Waals surface area contributed by atoms with Gasteiger partial charge in [-0.1, -0.05) is 30.3 Å². The third kappa shape index (κ3) is 6.14. The number of carboxylic acids is 1. The Morgan fingerprint density at radius 3 is 2.65 bits per heavy atom. The third-order valence-corrected chi connectivity index (χ3v) is 6.08. The lowest BCUT2D eigenvalue weighted by molar-refractivity contribution is -0.131. The minimum Gasteiger partial charge on any atom is -0.495 e. The SMILES string of the molecule is COc1cc(Br)c(C#N)cc1Nc1ccc(SCc2ccccc2)cc1/C=C/C(=O)O. The van der Waals surface area contributed by atoms with Crippen LogP contribution in [0.4, 0.5) is 11.4 Å². The van der Waals surface area contributed by atoms with E-state index in [-0.39, 0.29) is 0 Å². The lowest BCUT2D eigenvalue weighted by Crippen LogP contribution is -1.98. The molecule has 0 fully saturated rings. The van der Waals surface area contributed by atoms with Crippen molar-refractivity contribution in [2.45, 2.75) is 10.6 Å². The van der Waals surface area contributed by atoms with Crippen molar-refractivity contribution in [1.82, 2.24) is 0 Å². The van der Waals surface area contributed by atoms with Crippen molar-refractivity contribution >= 4 is 51.1 Å². The summed E-state index contributed by atoms with van der Waals surface area (Å²) in [6.45, 7) is 0. The van der Waals surface area contributed by atoms with Crippen LogP contribution < -0.4 is 10.1 Å². The summed E-state index contributed by atoms with van der Waals surface area (Å²) in [5, 5.41) is 21.7. The van der Waals surface area contributed by atoms with Crippen LogP contribution in [0.2, 0.25) is 0 Å². The monoisotopic (exact) mass is 494 g/mol. The van der Waals surface area contributed by atoms with Crippen LogP contribution in [0, 0.1) is 11.3 Å². The molecule has 0 saturated heterocycles. The number of anilines is 2. The molecule has 31 heavy (non-hydrogen) atoms. The van der Waals surface area contributed by atoms with Crippen LogP contribution in [-0.4, -0.2) is 18.2 Å². The number of thioether (sulfide) groups is 1. The van der Waals surface area contributed by atoms with E-state index >= 15 is 0 Å². The molecular formula is C24H19BrN2O3S. The van der Waals surface area contributed by atoms with Gasteiger partial charge in [-0.3, -0.25) is 0 Å². The zero-order valence-electron chi connectivity index (χ0n) is 16.6. The Bertz CT molecular complexity index is 1160. The Hall–Kier alpha value is -3.21. The smallest absolute Gasteiger partial charge is 0.328 e. The van der Waals surface area contributed by atoms with E-state index in [4.69, 9.17) is 9.84 Å². The van der Waals surface area contributed by atoms with Crippen LogP contribution in [0.3, 0.4) is 0 Å². The largest absolute Gasteiger partial charge is 0.495 e. The Labute approximate surface area is 193 Å². The second-order valence-electron chi connectivity index (χ2n) is 6.46. The van der Waals surface area contributed by atoms with Gasteiger partial charge in [0.15, 0.2) is 0 Å². The van der Waals surface area contributed by atoms with Gasteiger partial charge in [0.05, 0.1) is 18.4 Å². The van der Waals surface area contributed by atoms with E-state index in [0.717, 1.165) is 16.7 Å². The van der Waals surface area contributed by atoms with Gasteiger partial charge in [-0.2, -0.15) is 5.26 Å². The van der Waals surface area contributed by atoms with Gasteiger partial charge in [-0.25, -0.2) is 4.79 Å². The predicted octanol–water partition coefficient (Wildman–Crippen LogP) is 6.46. The fourth-order valence-corrected chi connectivity index (χ4v) is 4.15. The van der Waals surface area contributed by atoms with Crippen molar-refractivity contribution in [3.05, 3.63) is 87.9 Å².